The fourth-order valence-electron chi connectivity index (χ4n) is 4.81. The lowest BCUT2D eigenvalue weighted by Gasteiger charge is -2.22. The maximum absolute atomic E-state index is 14.3. The smallest absolute Gasteiger partial charge is 0.225 e. The summed E-state index contributed by atoms with van der Waals surface area (Å²) in [7, 11) is 0. The molecule has 0 bridgehead atoms. The number of anilines is 2. The quantitative estimate of drug-likeness (QED) is 0.235. The Labute approximate surface area is 220 Å². The van der Waals surface area contributed by atoms with Crippen LogP contribution in [-0.4, -0.2) is 65.1 Å². The molecular formula is C25H27F2N7O3S. The molecule has 0 amide bonds. The summed E-state index contributed by atoms with van der Waals surface area (Å²) in [5, 5.41) is 37.4. The summed E-state index contributed by atoms with van der Waals surface area (Å²) >= 11 is 1.43. The molecule has 0 unspecified atom stereocenters. The molecular weight excluding hydrogens is 516 g/mol. The first-order chi connectivity index (χ1) is 18.2. The molecule has 1 aliphatic rings. The van der Waals surface area contributed by atoms with Gasteiger partial charge >= 0.3 is 0 Å². The Balaban J connectivity index is 1.57. The minimum absolute atomic E-state index is 0.0996. The molecule has 0 spiro atoms. The van der Waals surface area contributed by atoms with Gasteiger partial charge in [0.05, 0.1) is 52.2 Å². The van der Waals surface area contributed by atoms with E-state index in [0.29, 0.717) is 28.5 Å². The van der Waals surface area contributed by atoms with E-state index in [9.17, 15) is 24.1 Å². The van der Waals surface area contributed by atoms with E-state index < -0.39 is 41.8 Å². The molecule has 200 valence electrons. The lowest BCUT2D eigenvalue weighted by atomic mass is 10.1. The normalized spacial score (nSPS) is 22.1. The van der Waals surface area contributed by atoms with Gasteiger partial charge in [-0.3, -0.25) is 9.97 Å². The first kappa shape index (κ1) is 26.2. The number of nitrogens with one attached hydrogen (secondary N) is 2. The minimum atomic E-state index is -1.15. The highest BCUT2D eigenvalue weighted by atomic mass is 32.1. The van der Waals surface area contributed by atoms with E-state index in [1.54, 1.807) is 20.0 Å². The van der Waals surface area contributed by atoms with Crippen LogP contribution in [0, 0.1) is 31.4 Å². The Hall–Kier alpha value is -3.39. The van der Waals surface area contributed by atoms with Crippen LogP contribution in [-0.2, 0) is 0 Å². The largest absolute Gasteiger partial charge is 0.396 e. The Morgan fingerprint density at radius 3 is 2.47 bits per heavy atom. The van der Waals surface area contributed by atoms with Crippen LogP contribution < -0.4 is 10.6 Å². The number of rotatable bonds is 7. The van der Waals surface area contributed by atoms with Crippen molar-refractivity contribution in [1.29, 1.82) is 0 Å². The predicted octanol–water partition coefficient (Wildman–Crippen LogP) is 3.13. The second-order valence-corrected chi connectivity index (χ2v) is 10.4. The summed E-state index contributed by atoms with van der Waals surface area (Å²) in [6, 6.07) is 0.420. The van der Waals surface area contributed by atoms with Crippen molar-refractivity contribution in [2.75, 3.05) is 17.2 Å². The van der Waals surface area contributed by atoms with Gasteiger partial charge in [-0.1, -0.05) is 0 Å². The molecule has 38 heavy (non-hydrogen) atoms. The first-order valence-electron chi connectivity index (χ1n) is 12.1. The van der Waals surface area contributed by atoms with Crippen molar-refractivity contribution in [3.8, 4) is 10.6 Å². The highest BCUT2D eigenvalue weighted by Gasteiger charge is 2.41. The zero-order valence-corrected chi connectivity index (χ0v) is 21.7. The van der Waals surface area contributed by atoms with Crippen LogP contribution in [0.15, 0.2) is 24.7 Å². The van der Waals surface area contributed by atoms with E-state index in [2.05, 4.69) is 30.6 Å². The number of aryl methyl sites for hydroxylation is 2. The van der Waals surface area contributed by atoms with Crippen molar-refractivity contribution in [3.63, 3.8) is 0 Å². The van der Waals surface area contributed by atoms with Gasteiger partial charge in [-0.05, 0) is 33.3 Å². The van der Waals surface area contributed by atoms with Gasteiger partial charge in [0.15, 0.2) is 0 Å². The van der Waals surface area contributed by atoms with Crippen molar-refractivity contribution in [1.82, 2.24) is 24.9 Å². The molecule has 13 heteroatoms. The number of thiazole rings is 1. The number of aromatic nitrogens is 5. The standard InChI is InChI=1S/C25H27F2N7O3S/c1-10(18-14(26)7-28-8-15(18)27)30-25-31-11(2)19(24-33-20-12(3)29-5-4-17(20)38-24)23(34-25)32-16-6-13(9-35)21(36)22(16)37/h4-5,7-8,10,13,16,21-22,35-37H,6,9H2,1-3H3,(H2,30,31,32,34)/t10-,13-,16-,21-,22+/m1/s1. The van der Waals surface area contributed by atoms with Gasteiger partial charge in [0.2, 0.25) is 5.95 Å². The molecule has 0 aromatic carbocycles. The second-order valence-electron chi connectivity index (χ2n) is 9.41. The monoisotopic (exact) mass is 543 g/mol. The van der Waals surface area contributed by atoms with E-state index in [-0.39, 0.29) is 18.1 Å². The van der Waals surface area contributed by atoms with E-state index in [0.717, 1.165) is 28.3 Å². The number of aliphatic hydroxyl groups excluding tert-OH is 3. The summed E-state index contributed by atoms with van der Waals surface area (Å²) in [5.41, 5.74) is 2.43. The number of halogens is 2. The van der Waals surface area contributed by atoms with Gasteiger partial charge in [0.25, 0.3) is 0 Å². The second kappa shape index (κ2) is 10.4. The average molecular weight is 544 g/mol. The zero-order valence-electron chi connectivity index (χ0n) is 20.9. The van der Waals surface area contributed by atoms with E-state index in [4.69, 9.17) is 4.98 Å². The van der Waals surface area contributed by atoms with Gasteiger partial charge in [0.1, 0.15) is 34.1 Å². The lowest BCUT2D eigenvalue weighted by molar-refractivity contribution is 0.00446. The Morgan fingerprint density at radius 1 is 1.08 bits per heavy atom. The van der Waals surface area contributed by atoms with Gasteiger partial charge in [-0.25, -0.2) is 18.7 Å². The van der Waals surface area contributed by atoms with Crippen LogP contribution in [0.2, 0.25) is 0 Å². The summed E-state index contributed by atoms with van der Waals surface area (Å²) < 4.78 is 29.6. The highest BCUT2D eigenvalue weighted by Crippen LogP contribution is 2.39. The molecule has 10 nitrogen and oxygen atoms in total. The van der Waals surface area contributed by atoms with Crippen LogP contribution in [0.4, 0.5) is 20.5 Å². The zero-order chi connectivity index (χ0) is 27.1. The third-order valence-corrected chi connectivity index (χ3v) is 7.86. The number of hydrogen-bond acceptors (Lipinski definition) is 11. The average Bonchev–Trinajstić information content (AvgIpc) is 3.41. The summed E-state index contributed by atoms with van der Waals surface area (Å²) in [5.74, 6) is -1.67. The fourth-order valence-corrected chi connectivity index (χ4v) is 5.92. The van der Waals surface area contributed by atoms with E-state index in [1.807, 2.05) is 13.0 Å². The molecule has 4 heterocycles. The molecule has 5 rings (SSSR count). The van der Waals surface area contributed by atoms with Crippen molar-refractivity contribution in [2.24, 2.45) is 5.92 Å². The predicted molar refractivity (Wildman–Crippen MR) is 139 cm³/mol. The maximum Gasteiger partial charge on any atom is 0.225 e. The van der Waals surface area contributed by atoms with Crippen LogP contribution in [0.25, 0.3) is 20.8 Å². The topological polar surface area (TPSA) is 149 Å². The van der Waals surface area contributed by atoms with Crippen LogP contribution in [0.1, 0.15) is 36.3 Å². The van der Waals surface area contributed by atoms with Crippen molar-refractivity contribution in [3.05, 3.63) is 53.2 Å². The lowest BCUT2D eigenvalue weighted by Crippen LogP contribution is -2.35. The number of fused-ring (bicyclic) bond motifs is 1. The SMILES string of the molecule is Cc1nc(N[C@H](C)c2c(F)cncc2F)nc(N[C@@H]2C[C@H](CO)[C@@H](O)[C@H]2O)c1-c1nc2c(C)nccc2s1. The van der Waals surface area contributed by atoms with Crippen LogP contribution in [0.5, 0.6) is 0 Å². The van der Waals surface area contributed by atoms with Gasteiger partial charge in [-0.15, -0.1) is 11.3 Å². The van der Waals surface area contributed by atoms with E-state index >= 15 is 0 Å². The Morgan fingerprint density at radius 2 is 1.82 bits per heavy atom. The van der Waals surface area contributed by atoms with Gasteiger partial charge < -0.3 is 26.0 Å². The van der Waals surface area contributed by atoms with Crippen molar-refractivity contribution >= 4 is 33.3 Å². The molecule has 1 saturated carbocycles. The first-order valence-corrected chi connectivity index (χ1v) is 12.9. The molecule has 0 saturated heterocycles. The molecule has 1 aliphatic carbocycles. The summed E-state index contributed by atoms with van der Waals surface area (Å²) in [4.78, 5) is 21.7. The number of aliphatic hydroxyl groups is 3. The Bertz CT molecular complexity index is 1470. The molecule has 4 aromatic rings. The van der Waals surface area contributed by atoms with Crippen LogP contribution in [0.3, 0.4) is 0 Å². The molecule has 0 radical (unpaired) electrons. The summed E-state index contributed by atoms with van der Waals surface area (Å²) in [6.45, 7) is 4.93. The molecule has 0 aliphatic heterocycles. The van der Waals surface area contributed by atoms with E-state index in [1.165, 1.54) is 11.3 Å². The maximum atomic E-state index is 14.3. The molecule has 5 atom stereocenters. The van der Waals surface area contributed by atoms with Crippen molar-refractivity contribution < 1.29 is 24.1 Å². The Kier molecular flexibility index (Phi) is 7.18. The number of nitrogens with zero attached hydrogens (tertiary/aromatic N) is 5. The molecule has 1 fully saturated rings. The molecule has 5 N–H and O–H groups in total. The fraction of sp³-hybridized carbons (Fsp3) is 0.400. The minimum Gasteiger partial charge on any atom is -0.396 e. The third-order valence-electron chi connectivity index (χ3n) is 6.82. The van der Waals surface area contributed by atoms with Gasteiger partial charge in [-0.2, -0.15) is 4.98 Å². The number of pyridine rings is 2. The summed E-state index contributed by atoms with van der Waals surface area (Å²) in [6.07, 6.45) is 1.64. The van der Waals surface area contributed by atoms with Gasteiger partial charge in [0, 0.05) is 24.3 Å². The third kappa shape index (κ3) is 4.77. The van der Waals surface area contributed by atoms with Crippen molar-refractivity contribution in [2.45, 2.75) is 51.5 Å². The molecule has 4 aromatic heterocycles. The number of hydrogen-bond donors (Lipinski definition) is 5. The van der Waals surface area contributed by atoms with Crippen LogP contribution >= 0.6 is 11.3 Å². The highest BCUT2D eigenvalue weighted by molar-refractivity contribution is 7.21.